The van der Waals surface area contributed by atoms with Crippen molar-refractivity contribution in [2.75, 3.05) is 32.9 Å². The molecule has 15 heavy (non-hydrogen) atoms. The van der Waals surface area contributed by atoms with Crippen molar-refractivity contribution in [2.24, 2.45) is 5.92 Å². The van der Waals surface area contributed by atoms with Crippen LogP contribution in [0, 0.1) is 5.92 Å². The second-order valence-electron chi connectivity index (χ2n) is 3.95. The Morgan fingerprint density at radius 3 is 3.07 bits per heavy atom. The minimum atomic E-state index is 0.184. The Morgan fingerprint density at radius 1 is 1.60 bits per heavy atom. The van der Waals surface area contributed by atoms with Gasteiger partial charge in [0.25, 0.3) is 0 Å². The third-order valence-corrected chi connectivity index (χ3v) is 2.84. The minimum absolute atomic E-state index is 0.184. The number of nitrogens with zero attached hydrogens (tertiary/aromatic N) is 1. The van der Waals surface area contributed by atoms with Crippen molar-refractivity contribution in [3.63, 3.8) is 0 Å². The number of hydrogen-bond donors (Lipinski definition) is 1. The lowest BCUT2D eigenvalue weighted by Crippen LogP contribution is -2.29. The van der Waals surface area contributed by atoms with Crippen LogP contribution in [0.2, 0.25) is 0 Å². The van der Waals surface area contributed by atoms with Crippen LogP contribution in [0.4, 0.5) is 0 Å². The highest BCUT2D eigenvalue weighted by Crippen LogP contribution is 2.19. The zero-order valence-electron chi connectivity index (χ0n) is 9.45. The summed E-state index contributed by atoms with van der Waals surface area (Å²) in [5, 5.41) is 8.80. The number of aliphatic hydroxyl groups excluding tert-OH is 1. The molecular weight excluding hydrogens is 194 g/mol. The molecule has 0 bridgehead atoms. The fourth-order valence-electron chi connectivity index (χ4n) is 1.94. The van der Waals surface area contributed by atoms with Gasteiger partial charge in [0.05, 0.1) is 13.0 Å². The van der Waals surface area contributed by atoms with E-state index in [-0.39, 0.29) is 12.5 Å². The zero-order chi connectivity index (χ0) is 11.1. The molecule has 88 valence electrons. The molecular formula is C11H21NO3. The number of carbonyl (C=O) groups is 1. The highest BCUT2D eigenvalue weighted by molar-refractivity contribution is 5.76. The van der Waals surface area contributed by atoms with Gasteiger partial charge in [-0.05, 0) is 25.7 Å². The van der Waals surface area contributed by atoms with Gasteiger partial charge in [0.2, 0.25) is 5.91 Å². The first-order valence-corrected chi connectivity index (χ1v) is 5.74. The number of aliphatic hydroxyl groups is 1. The monoisotopic (exact) mass is 215 g/mol. The lowest BCUT2D eigenvalue weighted by Gasteiger charge is -2.16. The first-order valence-electron chi connectivity index (χ1n) is 5.74. The molecule has 0 aromatic carbocycles. The standard InChI is InChI=1S/C11H21NO3/c1-2-15-8-5-11(14)12-6-3-10(9-12)4-7-13/h10,13H,2-9H2,1H3. The van der Waals surface area contributed by atoms with Crippen LogP contribution in [0.15, 0.2) is 0 Å². The van der Waals surface area contributed by atoms with Gasteiger partial charge >= 0.3 is 0 Å². The van der Waals surface area contributed by atoms with Crippen molar-refractivity contribution in [2.45, 2.75) is 26.2 Å². The van der Waals surface area contributed by atoms with Crippen molar-refractivity contribution in [3.05, 3.63) is 0 Å². The summed E-state index contributed by atoms with van der Waals surface area (Å²) in [6.45, 7) is 5.00. The highest BCUT2D eigenvalue weighted by Gasteiger charge is 2.25. The molecule has 4 nitrogen and oxygen atoms in total. The second kappa shape index (κ2) is 6.80. The van der Waals surface area contributed by atoms with Gasteiger partial charge in [0, 0.05) is 26.3 Å². The molecule has 0 spiro atoms. The molecule has 0 aromatic heterocycles. The molecule has 1 aliphatic rings. The van der Waals surface area contributed by atoms with Crippen LogP contribution in [0.5, 0.6) is 0 Å². The summed E-state index contributed by atoms with van der Waals surface area (Å²) >= 11 is 0. The number of ether oxygens (including phenoxy) is 1. The van der Waals surface area contributed by atoms with Crippen molar-refractivity contribution in [1.29, 1.82) is 0 Å². The average Bonchev–Trinajstić information content (AvgIpc) is 2.67. The van der Waals surface area contributed by atoms with Crippen LogP contribution in [0.25, 0.3) is 0 Å². The summed E-state index contributed by atoms with van der Waals surface area (Å²) in [7, 11) is 0. The summed E-state index contributed by atoms with van der Waals surface area (Å²) < 4.78 is 5.15. The van der Waals surface area contributed by atoms with Gasteiger partial charge in [-0.25, -0.2) is 0 Å². The molecule has 1 atom stereocenters. The van der Waals surface area contributed by atoms with E-state index in [9.17, 15) is 4.79 Å². The Morgan fingerprint density at radius 2 is 2.40 bits per heavy atom. The van der Waals surface area contributed by atoms with Gasteiger partial charge in [-0.3, -0.25) is 4.79 Å². The Bertz CT molecular complexity index is 196. The predicted octanol–water partition coefficient (Wildman–Crippen LogP) is 0.644. The maximum atomic E-state index is 11.7. The molecule has 1 saturated heterocycles. The third-order valence-electron chi connectivity index (χ3n) is 2.84. The van der Waals surface area contributed by atoms with Crippen LogP contribution in [-0.4, -0.2) is 48.8 Å². The number of hydrogen-bond acceptors (Lipinski definition) is 3. The molecule has 1 aliphatic heterocycles. The first-order chi connectivity index (χ1) is 7.27. The molecule has 1 rings (SSSR count). The Balaban J connectivity index is 2.18. The highest BCUT2D eigenvalue weighted by atomic mass is 16.5. The lowest BCUT2D eigenvalue weighted by atomic mass is 10.1. The van der Waals surface area contributed by atoms with Gasteiger partial charge in [-0.15, -0.1) is 0 Å². The van der Waals surface area contributed by atoms with Gasteiger partial charge < -0.3 is 14.7 Å². The Hall–Kier alpha value is -0.610. The van der Waals surface area contributed by atoms with E-state index in [2.05, 4.69) is 0 Å². The fraction of sp³-hybridized carbons (Fsp3) is 0.909. The van der Waals surface area contributed by atoms with E-state index in [1.807, 2.05) is 11.8 Å². The predicted molar refractivity (Wildman–Crippen MR) is 57.5 cm³/mol. The van der Waals surface area contributed by atoms with Crippen LogP contribution in [0.1, 0.15) is 26.2 Å². The number of likely N-dealkylation sites (tertiary alicyclic amines) is 1. The summed E-state index contributed by atoms with van der Waals surface area (Å²) in [4.78, 5) is 13.5. The largest absolute Gasteiger partial charge is 0.396 e. The zero-order valence-corrected chi connectivity index (χ0v) is 9.45. The first kappa shape index (κ1) is 12.5. The van der Waals surface area contributed by atoms with Gasteiger partial charge in [-0.2, -0.15) is 0 Å². The maximum absolute atomic E-state index is 11.7. The third kappa shape index (κ3) is 4.18. The average molecular weight is 215 g/mol. The summed E-state index contributed by atoms with van der Waals surface area (Å²) in [6.07, 6.45) is 2.33. The molecule has 1 fully saturated rings. The van der Waals surface area contributed by atoms with Crippen molar-refractivity contribution in [1.82, 2.24) is 4.90 Å². The van der Waals surface area contributed by atoms with E-state index >= 15 is 0 Å². The van der Waals surface area contributed by atoms with Crippen molar-refractivity contribution in [3.8, 4) is 0 Å². The number of amides is 1. The molecule has 0 saturated carbocycles. The maximum Gasteiger partial charge on any atom is 0.224 e. The van der Waals surface area contributed by atoms with Crippen LogP contribution < -0.4 is 0 Å². The van der Waals surface area contributed by atoms with Crippen molar-refractivity contribution >= 4 is 5.91 Å². The molecule has 0 aromatic rings. The van der Waals surface area contributed by atoms with E-state index < -0.39 is 0 Å². The van der Waals surface area contributed by atoms with E-state index in [1.54, 1.807) is 0 Å². The minimum Gasteiger partial charge on any atom is -0.396 e. The van der Waals surface area contributed by atoms with Gasteiger partial charge in [0.15, 0.2) is 0 Å². The molecule has 0 radical (unpaired) electrons. The summed E-state index contributed by atoms with van der Waals surface area (Å²) in [6, 6.07) is 0. The number of carbonyl (C=O) groups excluding carboxylic acids is 1. The van der Waals surface area contributed by atoms with Crippen LogP contribution in [-0.2, 0) is 9.53 Å². The fourth-order valence-corrected chi connectivity index (χ4v) is 1.94. The van der Waals surface area contributed by atoms with E-state index in [4.69, 9.17) is 9.84 Å². The lowest BCUT2D eigenvalue weighted by molar-refractivity contribution is -0.131. The topological polar surface area (TPSA) is 49.8 Å². The summed E-state index contributed by atoms with van der Waals surface area (Å²) in [5.74, 6) is 0.676. The SMILES string of the molecule is CCOCCC(=O)N1CCC(CCO)C1. The van der Waals surface area contributed by atoms with Crippen LogP contribution >= 0.6 is 0 Å². The normalized spacial score (nSPS) is 20.9. The van der Waals surface area contributed by atoms with E-state index in [0.29, 0.717) is 25.6 Å². The molecule has 1 unspecified atom stereocenters. The summed E-state index contributed by atoms with van der Waals surface area (Å²) in [5.41, 5.74) is 0. The second-order valence-corrected chi connectivity index (χ2v) is 3.95. The molecule has 1 heterocycles. The van der Waals surface area contributed by atoms with Crippen LogP contribution in [0.3, 0.4) is 0 Å². The Kier molecular flexibility index (Phi) is 5.65. The van der Waals surface area contributed by atoms with Gasteiger partial charge in [0.1, 0.15) is 0 Å². The van der Waals surface area contributed by atoms with E-state index in [1.165, 1.54) is 0 Å². The van der Waals surface area contributed by atoms with E-state index in [0.717, 1.165) is 25.9 Å². The molecule has 0 aliphatic carbocycles. The Labute approximate surface area is 91.2 Å². The number of rotatable bonds is 6. The van der Waals surface area contributed by atoms with Crippen molar-refractivity contribution < 1.29 is 14.6 Å². The van der Waals surface area contributed by atoms with Gasteiger partial charge in [-0.1, -0.05) is 0 Å². The smallest absolute Gasteiger partial charge is 0.224 e. The molecule has 4 heteroatoms. The quantitative estimate of drug-likeness (QED) is 0.662. The molecule has 1 amide bonds. The molecule has 1 N–H and O–H groups in total.